The zero-order valence-corrected chi connectivity index (χ0v) is 14.4. The Labute approximate surface area is 139 Å². The highest BCUT2D eigenvalue weighted by molar-refractivity contribution is 9.11. The molecular weight excluding hydrogens is 382 g/mol. The van der Waals surface area contributed by atoms with Crippen LogP contribution in [0, 0.1) is 0 Å². The van der Waals surface area contributed by atoms with E-state index in [1.165, 1.54) is 27.6 Å². The van der Waals surface area contributed by atoms with Crippen molar-refractivity contribution >= 4 is 62.0 Å². The van der Waals surface area contributed by atoms with Crippen molar-refractivity contribution < 1.29 is 4.79 Å². The van der Waals surface area contributed by atoms with Gasteiger partial charge in [-0.25, -0.2) is 4.98 Å². The first-order chi connectivity index (χ1) is 9.11. The Kier molecular flexibility index (Phi) is 5.19. The molecule has 3 rings (SSSR count). The van der Waals surface area contributed by atoms with Crippen LogP contribution in [0.25, 0.3) is 0 Å². The molecule has 2 aromatic heterocycles. The van der Waals surface area contributed by atoms with Crippen molar-refractivity contribution in [1.29, 1.82) is 0 Å². The topological polar surface area (TPSA) is 68.0 Å². The molecule has 1 amide bonds. The van der Waals surface area contributed by atoms with Crippen LogP contribution in [-0.4, -0.2) is 16.9 Å². The molecule has 4 nitrogen and oxygen atoms in total. The van der Waals surface area contributed by atoms with Crippen molar-refractivity contribution in [3.8, 4) is 0 Å². The average Bonchev–Trinajstić information content (AvgIpc) is 2.94. The average molecular weight is 395 g/mol. The summed E-state index contributed by atoms with van der Waals surface area (Å²) in [7, 11) is 0. The van der Waals surface area contributed by atoms with Gasteiger partial charge in [-0.3, -0.25) is 10.1 Å². The van der Waals surface area contributed by atoms with Crippen LogP contribution >= 0.6 is 51.0 Å². The summed E-state index contributed by atoms with van der Waals surface area (Å²) in [4.78, 5) is 17.7. The van der Waals surface area contributed by atoms with Gasteiger partial charge in [0.15, 0.2) is 5.13 Å². The third kappa shape index (κ3) is 3.40. The number of amides is 1. The molecule has 0 saturated heterocycles. The summed E-state index contributed by atoms with van der Waals surface area (Å²) in [6.07, 6.45) is 2.75. The van der Waals surface area contributed by atoms with Crippen LogP contribution in [0.3, 0.4) is 0 Å². The first-order valence-corrected chi connectivity index (χ1v) is 8.40. The maximum absolute atomic E-state index is 12.0. The summed E-state index contributed by atoms with van der Waals surface area (Å²) in [5.74, 6) is -0.114. The number of carbonyl (C=O) groups is 1. The highest BCUT2D eigenvalue weighted by atomic mass is 79.9. The third-order valence-corrected chi connectivity index (χ3v) is 5.57. The lowest BCUT2D eigenvalue weighted by Gasteiger charge is -2.15. The van der Waals surface area contributed by atoms with Crippen LogP contribution in [0.1, 0.15) is 27.3 Å². The quantitative estimate of drug-likeness (QED) is 0.819. The van der Waals surface area contributed by atoms with Gasteiger partial charge in [0.25, 0.3) is 5.91 Å². The summed E-state index contributed by atoms with van der Waals surface area (Å²) < 4.78 is 0.946. The van der Waals surface area contributed by atoms with Crippen LogP contribution in [-0.2, 0) is 12.8 Å². The summed E-state index contributed by atoms with van der Waals surface area (Å²) in [5, 5.41) is 5.35. The summed E-state index contributed by atoms with van der Waals surface area (Å²) in [6.45, 7) is 0. The predicted molar refractivity (Wildman–Crippen MR) is 89.3 cm³/mol. The standard InChI is InChI=1S/C12H12BrN3OS2.ClH/c13-10-3-6(5-18-10)11(17)16-12-15-8-2-1-7(14)4-9(8)19-12;/h3,5,7H,1-2,4,14H2,(H,15,16,17);1H/t7-;/m0./s1. The van der Waals surface area contributed by atoms with Crippen molar-refractivity contribution in [3.63, 3.8) is 0 Å². The predicted octanol–water partition coefficient (Wildman–Crippen LogP) is 3.46. The fourth-order valence-corrected chi connectivity index (χ4v) is 4.28. The van der Waals surface area contributed by atoms with E-state index in [9.17, 15) is 4.79 Å². The molecule has 20 heavy (non-hydrogen) atoms. The lowest BCUT2D eigenvalue weighted by atomic mass is 9.99. The van der Waals surface area contributed by atoms with Crippen molar-refractivity contribution in [2.45, 2.75) is 25.3 Å². The van der Waals surface area contributed by atoms with E-state index >= 15 is 0 Å². The number of aromatic nitrogens is 1. The molecule has 3 N–H and O–H groups in total. The molecule has 0 bridgehead atoms. The fraction of sp³-hybridized carbons (Fsp3) is 0.333. The summed E-state index contributed by atoms with van der Waals surface area (Å²) in [6, 6.07) is 2.04. The number of nitrogens with zero attached hydrogens (tertiary/aromatic N) is 1. The van der Waals surface area contributed by atoms with Crippen molar-refractivity contribution in [2.75, 3.05) is 5.32 Å². The Morgan fingerprint density at radius 3 is 3.05 bits per heavy atom. The molecule has 8 heteroatoms. The van der Waals surface area contributed by atoms with Gasteiger partial charge in [0, 0.05) is 16.3 Å². The molecule has 0 aliphatic heterocycles. The maximum Gasteiger partial charge on any atom is 0.258 e. The van der Waals surface area contributed by atoms with E-state index in [1.54, 1.807) is 0 Å². The number of aryl methyl sites for hydroxylation is 1. The number of hydrogen-bond donors (Lipinski definition) is 2. The van der Waals surface area contributed by atoms with Gasteiger partial charge in [-0.2, -0.15) is 0 Å². The number of thiazole rings is 1. The smallest absolute Gasteiger partial charge is 0.258 e. The number of fused-ring (bicyclic) bond motifs is 1. The summed E-state index contributed by atoms with van der Waals surface area (Å²) in [5.41, 5.74) is 7.69. The van der Waals surface area contributed by atoms with Crippen molar-refractivity contribution in [1.82, 2.24) is 4.98 Å². The van der Waals surface area contributed by atoms with Crippen LogP contribution in [0.4, 0.5) is 5.13 Å². The number of nitrogens with one attached hydrogen (secondary N) is 1. The minimum absolute atomic E-state index is 0. The molecule has 0 unspecified atom stereocenters. The Hall–Kier alpha value is -0.470. The lowest BCUT2D eigenvalue weighted by Crippen LogP contribution is -2.27. The highest BCUT2D eigenvalue weighted by Gasteiger charge is 2.21. The van der Waals surface area contributed by atoms with Gasteiger partial charge in [0.1, 0.15) is 0 Å². The minimum Gasteiger partial charge on any atom is -0.327 e. The van der Waals surface area contributed by atoms with Gasteiger partial charge < -0.3 is 5.73 Å². The van der Waals surface area contributed by atoms with E-state index in [0.717, 1.165) is 28.7 Å². The Morgan fingerprint density at radius 2 is 2.35 bits per heavy atom. The summed E-state index contributed by atoms with van der Waals surface area (Å²) >= 11 is 6.38. The SMILES string of the molecule is Cl.N[C@H]1CCc2nc(NC(=O)c3csc(Br)c3)sc2C1. The maximum atomic E-state index is 12.0. The monoisotopic (exact) mass is 393 g/mol. The molecular formula is C12H13BrClN3OS2. The number of carbonyl (C=O) groups excluding carboxylic acids is 1. The number of rotatable bonds is 2. The molecule has 0 spiro atoms. The Morgan fingerprint density at radius 1 is 1.55 bits per heavy atom. The van der Waals surface area contributed by atoms with E-state index < -0.39 is 0 Å². The normalized spacial score (nSPS) is 17.2. The lowest BCUT2D eigenvalue weighted by molar-refractivity contribution is 0.102. The molecule has 2 heterocycles. The van der Waals surface area contributed by atoms with E-state index in [4.69, 9.17) is 5.73 Å². The van der Waals surface area contributed by atoms with Gasteiger partial charge in [-0.05, 0) is 41.3 Å². The van der Waals surface area contributed by atoms with Gasteiger partial charge >= 0.3 is 0 Å². The number of halogens is 2. The van der Waals surface area contributed by atoms with E-state index in [1.807, 2.05) is 11.4 Å². The molecule has 1 aliphatic carbocycles. The fourth-order valence-electron chi connectivity index (χ4n) is 2.05. The van der Waals surface area contributed by atoms with Crippen molar-refractivity contribution in [2.24, 2.45) is 5.73 Å². The number of nitrogens with two attached hydrogens (primary N) is 1. The van der Waals surface area contributed by atoms with E-state index in [2.05, 4.69) is 26.2 Å². The van der Waals surface area contributed by atoms with Gasteiger partial charge in [0.05, 0.1) is 15.0 Å². The molecule has 1 atom stereocenters. The molecule has 2 aromatic rings. The zero-order chi connectivity index (χ0) is 13.4. The molecule has 0 saturated carbocycles. The van der Waals surface area contributed by atoms with Gasteiger partial charge in [0.2, 0.25) is 0 Å². The second kappa shape index (κ2) is 6.53. The van der Waals surface area contributed by atoms with Gasteiger partial charge in [-0.15, -0.1) is 35.1 Å². The highest BCUT2D eigenvalue weighted by Crippen LogP contribution is 2.30. The molecule has 0 radical (unpaired) electrons. The third-order valence-electron chi connectivity index (χ3n) is 3.03. The van der Waals surface area contributed by atoms with Crippen LogP contribution in [0.15, 0.2) is 15.2 Å². The number of hydrogen-bond acceptors (Lipinski definition) is 5. The molecule has 108 valence electrons. The molecule has 0 aromatic carbocycles. The first kappa shape index (κ1) is 15.9. The molecule has 0 fully saturated rings. The second-order valence-corrected chi connectivity index (χ2v) is 7.86. The van der Waals surface area contributed by atoms with Crippen LogP contribution < -0.4 is 11.1 Å². The largest absolute Gasteiger partial charge is 0.327 e. The van der Waals surface area contributed by atoms with E-state index in [-0.39, 0.29) is 24.4 Å². The van der Waals surface area contributed by atoms with Gasteiger partial charge in [-0.1, -0.05) is 0 Å². The van der Waals surface area contributed by atoms with Crippen molar-refractivity contribution in [3.05, 3.63) is 31.4 Å². The second-order valence-electron chi connectivity index (χ2n) is 4.49. The Bertz CT molecular complexity index is 628. The number of thiophene rings is 1. The zero-order valence-electron chi connectivity index (χ0n) is 10.4. The van der Waals surface area contributed by atoms with Crippen LogP contribution in [0.2, 0.25) is 0 Å². The minimum atomic E-state index is -0.114. The first-order valence-electron chi connectivity index (χ1n) is 5.91. The van der Waals surface area contributed by atoms with E-state index in [0.29, 0.717) is 10.7 Å². The number of anilines is 1. The molecule has 1 aliphatic rings. The Balaban J connectivity index is 0.00000147. The van der Waals surface area contributed by atoms with Crippen LogP contribution in [0.5, 0.6) is 0 Å².